The second kappa shape index (κ2) is 6.31. The number of benzene rings is 2. The molecule has 2 aromatic rings. The second-order valence-corrected chi connectivity index (χ2v) is 4.56. The highest BCUT2D eigenvalue weighted by atomic mass is 19.4. The molecule has 0 saturated heterocycles. The Balaban J connectivity index is 1.99. The van der Waals surface area contributed by atoms with Crippen molar-refractivity contribution in [2.24, 2.45) is 5.10 Å². The summed E-state index contributed by atoms with van der Waals surface area (Å²) in [6, 6.07) is 8.51. The zero-order valence-corrected chi connectivity index (χ0v) is 11.4. The van der Waals surface area contributed by atoms with Gasteiger partial charge in [-0.25, -0.2) is 0 Å². The molecule has 0 aromatic heterocycles. The molecule has 1 N–H and O–H groups in total. The first-order valence-corrected chi connectivity index (χ1v) is 6.30. The summed E-state index contributed by atoms with van der Waals surface area (Å²) >= 11 is 0. The largest absolute Gasteiger partial charge is 0.416 e. The van der Waals surface area contributed by atoms with E-state index in [0.29, 0.717) is 11.3 Å². The molecule has 0 saturated carbocycles. The highest BCUT2D eigenvalue weighted by Crippen LogP contribution is 2.30. The summed E-state index contributed by atoms with van der Waals surface area (Å²) in [5.74, 6) is 0. The average molecular weight is 332 g/mol. The molecular weight excluding hydrogens is 322 g/mol. The van der Waals surface area contributed by atoms with Gasteiger partial charge in [0.25, 0.3) is 0 Å². The highest BCUT2D eigenvalue weighted by Gasteiger charge is 2.30. The van der Waals surface area contributed by atoms with Crippen molar-refractivity contribution in [3.63, 3.8) is 0 Å². The van der Waals surface area contributed by atoms with Gasteiger partial charge in [0.1, 0.15) is 0 Å². The van der Waals surface area contributed by atoms with Crippen LogP contribution in [0.15, 0.2) is 53.6 Å². The lowest BCUT2D eigenvalue weighted by atomic mass is 10.1. The minimum atomic E-state index is -4.41. The lowest BCUT2D eigenvalue weighted by molar-refractivity contribution is -0.138. The number of alkyl halides is 6. The van der Waals surface area contributed by atoms with Crippen molar-refractivity contribution >= 4 is 11.9 Å². The maximum absolute atomic E-state index is 12.4. The van der Waals surface area contributed by atoms with E-state index in [1.807, 2.05) is 0 Å². The normalized spacial score (nSPS) is 12.6. The standard InChI is InChI=1S/C15H10F6N2/c16-14(17,18)11-3-1-10(2-4-11)9-22-23-13-7-5-12(6-8-13)15(19,20)21/h1-9,23H/b22-9+. The fourth-order valence-corrected chi connectivity index (χ4v) is 1.67. The minimum absolute atomic E-state index is 0.321. The monoisotopic (exact) mass is 332 g/mol. The zero-order valence-electron chi connectivity index (χ0n) is 11.4. The van der Waals surface area contributed by atoms with E-state index in [9.17, 15) is 26.3 Å². The van der Waals surface area contributed by atoms with Gasteiger partial charge in [0.15, 0.2) is 0 Å². The van der Waals surface area contributed by atoms with Crippen molar-refractivity contribution in [3.05, 3.63) is 65.2 Å². The van der Waals surface area contributed by atoms with Crippen molar-refractivity contribution in [1.82, 2.24) is 0 Å². The Kier molecular flexibility index (Phi) is 4.63. The maximum Gasteiger partial charge on any atom is 0.416 e. The fraction of sp³-hybridized carbons (Fsp3) is 0.133. The first-order valence-electron chi connectivity index (χ1n) is 6.30. The van der Waals surface area contributed by atoms with Gasteiger partial charge in [0, 0.05) is 0 Å². The molecule has 0 atom stereocenters. The van der Waals surface area contributed by atoms with E-state index in [4.69, 9.17) is 0 Å². The fourth-order valence-electron chi connectivity index (χ4n) is 1.67. The van der Waals surface area contributed by atoms with E-state index in [1.54, 1.807) is 0 Å². The number of nitrogens with one attached hydrogen (secondary N) is 1. The SMILES string of the molecule is FC(F)(F)c1ccc(/C=N/Nc2ccc(C(F)(F)F)cc2)cc1. The van der Waals surface area contributed by atoms with Crippen LogP contribution in [0.1, 0.15) is 16.7 Å². The van der Waals surface area contributed by atoms with Gasteiger partial charge < -0.3 is 0 Å². The van der Waals surface area contributed by atoms with Crippen LogP contribution in [-0.4, -0.2) is 6.21 Å². The lowest BCUT2D eigenvalue weighted by Crippen LogP contribution is -2.04. The van der Waals surface area contributed by atoms with Crippen LogP contribution in [0, 0.1) is 0 Å². The molecule has 2 nitrogen and oxygen atoms in total. The van der Waals surface area contributed by atoms with Crippen molar-refractivity contribution < 1.29 is 26.3 Å². The summed E-state index contributed by atoms with van der Waals surface area (Å²) < 4.78 is 74.3. The van der Waals surface area contributed by atoms with E-state index in [2.05, 4.69) is 10.5 Å². The van der Waals surface area contributed by atoms with E-state index in [1.165, 1.54) is 30.5 Å². The molecule has 2 rings (SSSR count). The van der Waals surface area contributed by atoms with Crippen LogP contribution in [0.25, 0.3) is 0 Å². The van der Waals surface area contributed by atoms with Crippen LogP contribution in [0.4, 0.5) is 32.0 Å². The van der Waals surface area contributed by atoms with Crippen LogP contribution in [0.5, 0.6) is 0 Å². The quantitative estimate of drug-likeness (QED) is 0.468. The van der Waals surface area contributed by atoms with Crippen LogP contribution in [0.3, 0.4) is 0 Å². The Morgan fingerprint density at radius 2 is 1.13 bits per heavy atom. The molecule has 2 aromatic carbocycles. The lowest BCUT2D eigenvalue weighted by Gasteiger charge is -2.07. The number of hydrogen-bond acceptors (Lipinski definition) is 2. The summed E-state index contributed by atoms with van der Waals surface area (Å²) in [6.07, 6.45) is -7.56. The summed E-state index contributed by atoms with van der Waals surface area (Å²) in [7, 11) is 0. The molecule has 0 aliphatic rings. The average Bonchev–Trinajstić information content (AvgIpc) is 2.46. The predicted octanol–water partition coefficient (Wildman–Crippen LogP) is 5.17. The third-order valence-corrected chi connectivity index (χ3v) is 2.86. The van der Waals surface area contributed by atoms with Gasteiger partial charge >= 0.3 is 12.4 Å². The van der Waals surface area contributed by atoms with Gasteiger partial charge in [-0.2, -0.15) is 31.4 Å². The molecule has 0 unspecified atom stereocenters. The van der Waals surface area contributed by atoms with E-state index >= 15 is 0 Å². The number of nitrogens with zero attached hydrogens (tertiary/aromatic N) is 1. The van der Waals surface area contributed by atoms with Crippen LogP contribution in [0.2, 0.25) is 0 Å². The Morgan fingerprint density at radius 1 is 0.696 bits per heavy atom. The number of hydrogen-bond donors (Lipinski definition) is 1. The highest BCUT2D eigenvalue weighted by molar-refractivity contribution is 5.80. The van der Waals surface area contributed by atoms with E-state index in [0.717, 1.165) is 24.3 Å². The number of rotatable bonds is 3. The van der Waals surface area contributed by atoms with Crippen molar-refractivity contribution in [2.45, 2.75) is 12.4 Å². The second-order valence-electron chi connectivity index (χ2n) is 4.56. The number of halogens is 6. The first kappa shape index (κ1) is 16.9. The van der Waals surface area contributed by atoms with Gasteiger partial charge in [-0.1, -0.05) is 12.1 Å². The predicted molar refractivity (Wildman–Crippen MR) is 74.1 cm³/mol. The molecule has 0 spiro atoms. The molecule has 0 aliphatic heterocycles. The Labute approximate surface area is 127 Å². The van der Waals surface area contributed by atoms with E-state index in [-0.39, 0.29) is 0 Å². The van der Waals surface area contributed by atoms with Gasteiger partial charge in [-0.05, 0) is 42.0 Å². The van der Waals surface area contributed by atoms with Crippen LogP contribution >= 0.6 is 0 Å². The van der Waals surface area contributed by atoms with Crippen LogP contribution < -0.4 is 5.43 Å². The molecule has 122 valence electrons. The minimum Gasteiger partial charge on any atom is -0.279 e. The third-order valence-electron chi connectivity index (χ3n) is 2.86. The van der Waals surface area contributed by atoms with Crippen molar-refractivity contribution in [1.29, 1.82) is 0 Å². The summed E-state index contributed by atoms with van der Waals surface area (Å²) in [5, 5.41) is 3.76. The Hall–Kier alpha value is -2.51. The zero-order chi connectivity index (χ0) is 17.1. The molecule has 0 heterocycles. The van der Waals surface area contributed by atoms with Gasteiger partial charge in [0.2, 0.25) is 0 Å². The smallest absolute Gasteiger partial charge is 0.279 e. The Morgan fingerprint density at radius 3 is 1.57 bits per heavy atom. The molecule has 8 heteroatoms. The Bertz CT molecular complexity index is 669. The van der Waals surface area contributed by atoms with Crippen molar-refractivity contribution in [3.8, 4) is 0 Å². The summed E-state index contributed by atoms with van der Waals surface area (Å²) in [4.78, 5) is 0. The molecule has 23 heavy (non-hydrogen) atoms. The number of anilines is 1. The number of hydrazone groups is 1. The molecule has 0 radical (unpaired) electrons. The summed E-state index contributed by atoms with van der Waals surface area (Å²) in [6.45, 7) is 0. The molecule has 0 amide bonds. The first-order chi connectivity index (χ1) is 10.7. The van der Waals surface area contributed by atoms with Crippen molar-refractivity contribution in [2.75, 3.05) is 5.43 Å². The van der Waals surface area contributed by atoms with Gasteiger partial charge in [0.05, 0.1) is 23.0 Å². The van der Waals surface area contributed by atoms with Gasteiger partial charge in [-0.3, -0.25) is 5.43 Å². The molecular formula is C15H10F6N2. The molecule has 0 aliphatic carbocycles. The topological polar surface area (TPSA) is 24.4 Å². The molecule has 0 fully saturated rings. The van der Waals surface area contributed by atoms with Crippen LogP contribution in [-0.2, 0) is 12.4 Å². The summed E-state index contributed by atoms with van der Waals surface area (Å²) in [5.41, 5.74) is 1.68. The maximum atomic E-state index is 12.4. The molecule has 0 bridgehead atoms. The van der Waals surface area contributed by atoms with E-state index < -0.39 is 23.5 Å². The van der Waals surface area contributed by atoms with Gasteiger partial charge in [-0.15, -0.1) is 0 Å². The third kappa shape index (κ3) is 4.73.